The van der Waals surface area contributed by atoms with Crippen LogP contribution >= 0.6 is 22.9 Å². The number of fused-ring (bicyclic) bond motifs is 1. The zero-order valence-corrected chi connectivity index (χ0v) is 12.3. The number of amides is 1. The summed E-state index contributed by atoms with van der Waals surface area (Å²) in [6.45, 7) is 3.18. The molecule has 0 aliphatic carbocycles. The van der Waals surface area contributed by atoms with Gasteiger partial charge >= 0.3 is 0 Å². The van der Waals surface area contributed by atoms with Gasteiger partial charge in [0.2, 0.25) is 0 Å². The maximum absolute atomic E-state index is 12.4. The molecule has 2 rings (SSSR count). The molecule has 0 atom stereocenters. The molecule has 1 aromatic heterocycles. The quantitative estimate of drug-likeness (QED) is 0.919. The number of hydrogen-bond donors (Lipinski definition) is 1. The van der Waals surface area contributed by atoms with E-state index in [1.807, 2.05) is 31.2 Å². The Bertz CT molecular complexity index is 582. The molecule has 3 nitrogen and oxygen atoms in total. The molecule has 1 heterocycles. The zero-order valence-electron chi connectivity index (χ0n) is 10.7. The molecule has 1 amide bonds. The Labute approximate surface area is 121 Å². The van der Waals surface area contributed by atoms with Crippen molar-refractivity contribution >= 4 is 38.9 Å². The minimum atomic E-state index is -0.0536. The Morgan fingerprint density at radius 3 is 2.79 bits per heavy atom. The molecule has 0 radical (unpaired) electrons. The SMILES string of the molecule is CCN(CCCO)C(=O)c1sc2ccccc2c1Cl. The summed E-state index contributed by atoms with van der Waals surface area (Å²) in [6.07, 6.45) is 0.585. The van der Waals surface area contributed by atoms with E-state index in [-0.39, 0.29) is 12.5 Å². The lowest BCUT2D eigenvalue weighted by molar-refractivity contribution is 0.0759. The fourth-order valence-electron chi connectivity index (χ4n) is 1.96. The number of aliphatic hydroxyl groups excluding tert-OH is 1. The molecule has 1 aromatic carbocycles. The fraction of sp³-hybridized carbons (Fsp3) is 0.357. The van der Waals surface area contributed by atoms with Gasteiger partial charge in [0.15, 0.2) is 0 Å². The van der Waals surface area contributed by atoms with Crippen molar-refractivity contribution in [3.05, 3.63) is 34.2 Å². The third-order valence-corrected chi connectivity index (χ3v) is 4.65. The predicted molar refractivity (Wildman–Crippen MR) is 80.1 cm³/mol. The van der Waals surface area contributed by atoms with Gasteiger partial charge in [0.25, 0.3) is 5.91 Å². The van der Waals surface area contributed by atoms with E-state index in [0.717, 1.165) is 10.1 Å². The second-order valence-corrected chi connectivity index (χ2v) is 5.63. The van der Waals surface area contributed by atoms with Gasteiger partial charge in [-0.25, -0.2) is 0 Å². The van der Waals surface area contributed by atoms with E-state index in [2.05, 4.69) is 0 Å². The summed E-state index contributed by atoms with van der Waals surface area (Å²) in [5, 5.41) is 10.3. The van der Waals surface area contributed by atoms with Crippen LogP contribution in [0.4, 0.5) is 0 Å². The van der Waals surface area contributed by atoms with Crippen LogP contribution in [0, 0.1) is 0 Å². The molecular formula is C14H16ClNO2S. The molecule has 0 bridgehead atoms. The third-order valence-electron chi connectivity index (χ3n) is 2.98. The molecule has 0 saturated carbocycles. The van der Waals surface area contributed by atoms with Crippen LogP contribution in [0.15, 0.2) is 24.3 Å². The maximum Gasteiger partial charge on any atom is 0.265 e. The lowest BCUT2D eigenvalue weighted by atomic mass is 10.2. The van der Waals surface area contributed by atoms with Crippen LogP contribution < -0.4 is 0 Å². The summed E-state index contributed by atoms with van der Waals surface area (Å²) in [6, 6.07) is 7.74. The first-order chi connectivity index (χ1) is 9.19. The molecule has 0 spiro atoms. The number of halogens is 1. The molecule has 102 valence electrons. The molecule has 0 aliphatic rings. The maximum atomic E-state index is 12.4. The van der Waals surface area contributed by atoms with Gasteiger partial charge in [-0.2, -0.15) is 0 Å². The molecular weight excluding hydrogens is 282 g/mol. The minimum Gasteiger partial charge on any atom is -0.396 e. The smallest absolute Gasteiger partial charge is 0.265 e. The first-order valence-corrected chi connectivity index (χ1v) is 7.45. The lowest BCUT2D eigenvalue weighted by Crippen LogP contribution is -2.31. The van der Waals surface area contributed by atoms with Crippen molar-refractivity contribution in [1.82, 2.24) is 4.90 Å². The summed E-state index contributed by atoms with van der Waals surface area (Å²) in [4.78, 5) is 14.7. The van der Waals surface area contributed by atoms with Crippen molar-refractivity contribution < 1.29 is 9.90 Å². The number of nitrogens with zero attached hydrogens (tertiary/aromatic N) is 1. The molecule has 0 unspecified atom stereocenters. The molecule has 1 N–H and O–H groups in total. The molecule has 0 fully saturated rings. The van der Waals surface area contributed by atoms with Gasteiger partial charge in [0, 0.05) is 29.8 Å². The average molecular weight is 298 g/mol. The average Bonchev–Trinajstić information content (AvgIpc) is 2.77. The van der Waals surface area contributed by atoms with Gasteiger partial charge in [0.1, 0.15) is 4.88 Å². The monoisotopic (exact) mass is 297 g/mol. The van der Waals surface area contributed by atoms with E-state index in [4.69, 9.17) is 16.7 Å². The van der Waals surface area contributed by atoms with Crippen LogP contribution in [0.3, 0.4) is 0 Å². The Morgan fingerprint density at radius 2 is 2.16 bits per heavy atom. The molecule has 5 heteroatoms. The van der Waals surface area contributed by atoms with Gasteiger partial charge < -0.3 is 10.0 Å². The second kappa shape index (κ2) is 6.37. The highest BCUT2D eigenvalue weighted by Crippen LogP contribution is 2.35. The van der Waals surface area contributed by atoms with Crippen molar-refractivity contribution in [3.8, 4) is 0 Å². The van der Waals surface area contributed by atoms with Crippen molar-refractivity contribution in [1.29, 1.82) is 0 Å². The predicted octanol–water partition coefficient (Wildman–Crippen LogP) is 3.40. The number of hydrogen-bond acceptors (Lipinski definition) is 3. The molecule has 19 heavy (non-hydrogen) atoms. The number of benzene rings is 1. The van der Waals surface area contributed by atoms with Crippen molar-refractivity contribution in [2.24, 2.45) is 0 Å². The lowest BCUT2D eigenvalue weighted by Gasteiger charge is -2.19. The largest absolute Gasteiger partial charge is 0.396 e. The van der Waals surface area contributed by atoms with E-state index in [0.29, 0.717) is 29.4 Å². The van der Waals surface area contributed by atoms with Gasteiger partial charge in [-0.1, -0.05) is 29.8 Å². The van der Waals surface area contributed by atoms with E-state index < -0.39 is 0 Å². The summed E-state index contributed by atoms with van der Waals surface area (Å²) < 4.78 is 1.02. The third kappa shape index (κ3) is 2.91. The number of rotatable bonds is 5. The first-order valence-electron chi connectivity index (χ1n) is 6.26. The number of carbonyl (C=O) groups excluding carboxylic acids is 1. The fourth-order valence-corrected chi connectivity index (χ4v) is 3.44. The normalized spacial score (nSPS) is 10.9. The van der Waals surface area contributed by atoms with Gasteiger partial charge in [0.05, 0.1) is 5.02 Å². The van der Waals surface area contributed by atoms with Crippen molar-refractivity contribution in [3.63, 3.8) is 0 Å². The van der Waals surface area contributed by atoms with Gasteiger partial charge in [-0.3, -0.25) is 4.79 Å². The molecule has 0 saturated heterocycles. The highest BCUT2D eigenvalue weighted by Gasteiger charge is 2.21. The highest BCUT2D eigenvalue weighted by molar-refractivity contribution is 7.21. The minimum absolute atomic E-state index is 0.0536. The van der Waals surface area contributed by atoms with E-state index in [9.17, 15) is 4.79 Å². The summed E-state index contributed by atoms with van der Waals surface area (Å²) in [7, 11) is 0. The van der Waals surface area contributed by atoms with Crippen molar-refractivity contribution in [2.75, 3.05) is 19.7 Å². The van der Waals surface area contributed by atoms with E-state index >= 15 is 0 Å². The topological polar surface area (TPSA) is 40.5 Å². The van der Waals surface area contributed by atoms with Crippen LogP contribution in [0.1, 0.15) is 23.0 Å². The van der Waals surface area contributed by atoms with E-state index in [1.165, 1.54) is 11.3 Å². The Kier molecular flexibility index (Phi) is 4.80. The summed E-state index contributed by atoms with van der Waals surface area (Å²) in [5.41, 5.74) is 0. The summed E-state index contributed by atoms with van der Waals surface area (Å²) in [5.74, 6) is -0.0536. The highest BCUT2D eigenvalue weighted by atomic mass is 35.5. The van der Waals surface area contributed by atoms with Crippen LogP contribution in [0.2, 0.25) is 5.02 Å². The first kappa shape index (κ1) is 14.3. The Balaban J connectivity index is 2.32. The van der Waals surface area contributed by atoms with Crippen LogP contribution in [-0.2, 0) is 0 Å². The van der Waals surface area contributed by atoms with Crippen LogP contribution in [0.5, 0.6) is 0 Å². The standard InChI is InChI=1S/C14H16ClNO2S/c1-2-16(8-5-9-17)14(18)13-12(15)10-6-3-4-7-11(10)19-13/h3-4,6-7,17H,2,5,8-9H2,1H3. The molecule has 0 aliphatic heterocycles. The summed E-state index contributed by atoms with van der Waals surface area (Å²) >= 11 is 7.72. The zero-order chi connectivity index (χ0) is 13.8. The van der Waals surface area contributed by atoms with Gasteiger partial charge in [-0.15, -0.1) is 11.3 Å². The van der Waals surface area contributed by atoms with Crippen molar-refractivity contribution in [2.45, 2.75) is 13.3 Å². The van der Waals surface area contributed by atoms with Gasteiger partial charge in [-0.05, 0) is 19.4 Å². The second-order valence-electron chi connectivity index (χ2n) is 4.20. The van der Waals surface area contributed by atoms with E-state index in [1.54, 1.807) is 4.90 Å². The van der Waals surface area contributed by atoms with Crippen LogP contribution in [0.25, 0.3) is 10.1 Å². The number of thiophene rings is 1. The molecule has 2 aromatic rings. The number of aliphatic hydroxyl groups is 1. The number of carbonyl (C=O) groups is 1. The van der Waals surface area contributed by atoms with Crippen LogP contribution in [-0.4, -0.2) is 35.6 Å². The Morgan fingerprint density at radius 1 is 1.42 bits per heavy atom. The Hall–Kier alpha value is -1.10.